The van der Waals surface area contributed by atoms with Crippen molar-refractivity contribution in [3.8, 4) is 0 Å². The molecule has 4 fully saturated rings. The molecule has 1 amide bonds. The fourth-order valence-electron chi connectivity index (χ4n) is 6.68. The summed E-state index contributed by atoms with van der Waals surface area (Å²) >= 11 is 6.38. The summed E-state index contributed by atoms with van der Waals surface area (Å²) in [7, 11) is 0. The molecule has 0 radical (unpaired) electrons. The van der Waals surface area contributed by atoms with Gasteiger partial charge in [0.15, 0.2) is 0 Å². The van der Waals surface area contributed by atoms with Crippen LogP contribution < -0.4 is 10.6 Å². The van der Waals surface area contributed by atoms with E-state index in [9.17, 15) is 4.79 Å². The molecule has 0 spiro atoms. The number of unbranched alkanes of at least 4 members (excludes halogenated alkanes) is 1. The van der Waals surface area contributed by atoms with Gasteiger partial charge in [-0.1, -0.05) is 17.7 Å². The number of hydrogen-bond donors (Lipinski definition) is 3. The molecule has 4 aliphatic carbocycles. The van der Waals surface area contributed by atoms with Gasteiger partial charge in [0.05, 0.1) is 10.6 Å². The number of benzene rings is 1. The third kappa shape index (κ3) is 5.38. The zero-order valence-corrected chi connectivity index (χ0v) is 18.9. The predicted octanol–water partition coefficient (Wildman–Crippen LogP) is 4.58. The highest BCUT2D eigenvalue weighted by Crippen LogP contribution is 2.59. The smallest absolute Gasteiger partial charge is 0.252 e. The third-order valence-corrected chi connectivity index (χ3v) is 7.97. The minimum Gasteiger partial charge on any atom is -0.396 e. The largest absolute Gasteiger partial charge is 0.396 e. The monoisotopic (exact) mass is 432 g/mol. The first-order chi connectivity index (χ1) is 14.6. The first-order valence-electron chi connectivity index (χ1n) is 12.0. The van der Waals surface area contributed by atoms with Crippen molar-refractivity contribution >= 4 is 17.5 Å². The number of carbonyl (C=O) groups excluding carboxylic acids is 1. The second-order valence-electron chi connectivity index (χ2n) is 10.2. The van der Waals surface area contributed by atoms with Gasteiger partial charge in [-0.2, -0.15) is 0 Å². The van der Waals surface area contributed by atoms with Gasteiger partial charge in [0, 0.05) is 13.2 Å². The summed E-state index contributed by atoms with van der Waals surface area (Å²) in [6.07, 6.45) is 12.0. The third-order valence-electron chi connectivity index (χ3n) is 7.65. The lowest BCUT2D eigenvalue weighted by Crippen LogP contribution is -2.51. The standard InChI is InChI=1S/C25H37ClN2O2/c26-23-6-5-18(4-3-8-27-7-1-2-9-29)13-22(23)24(30)28-17-25-14-19-10-20(15-25)12-21(11-19)16-25/h5-6,13,19-21,27,29H,1-4,7-12,14-17H2,(H,28,30). The van der Waals surface area contributed by atoms with Gasteiger partial charge in [-0.25, -0.2) is 0 Å². The van der Waals surface area contributed by atoms with E-state index in [4.69, 9.17) is 16.7 Å². The Morgan fingerprint density at radius 1 is 1.03 bits per heavy atom. The fourth-order valence-corrected chi connectivity index (χ4v) is 6.88. The summed E-state index contributed by atoms with van der Waals surface area (Å²) in [6, 6.07) is 5.87. The van der Waals surface area contributed by atoms with Crippen LogP contribution in [0.5, 0.6) is 0 Å². The Bertz CT molecular complexity index is 701. The average Bonchev–Trinajstić information content (AvgIpc) is 2.71. The molecule has 4 saturated carbocycles. The quantitative estimate of drug-likeness (QED) is 0.448. The van der Waals surface area contributed by atoms with Crippen LogP contribution in [-0.2, 0) is 6.42 Å². The average molecular weight is 433 g/mol. The normalized spacial score (nSPS) is 29.3. The molecule has 0 atom stereocenters. The second-order valence-corrected chi connectivity index (χ2v) is 10.6. The van der Waals surface area contributed by atoms with Crippen LogP contribution in [0.15, 0.2) is 18.2 Å². The highest BCUT2D eigenvalue weighted by Gasteiger charge is 2.50. The van der Waals surface area contributed by atoms with Gasteiger partial charge < -0.3 is 15.7 Å². The van der Waals surface area contributed by atoms with E-state index in [1.165, 1.54) is 38.5 Å². The maximum absolute atomic E-state index is 13.0. The number of carbonyl (C=O) groups is 1. The molecule has 4 bridgehead atoms. The molecular weight excluding hydrogens is 396 g/mol. The second kappa shape index (κ2) is 10.0. The van der Waals surface area contributed by atoms with Crippen molar-refractivity contribution in [3.05, 3.63) is 34.3 Å². The Labute approximate surface area is 186 Å². The minimum atomic E-state index is -0.0141. The summed E-state index contributed by atoms with van der Waals surface area (Å²) in [5.74, 6) is 2.69. The van der Waals surface area contributed by atoms with E-state index in [2.05, 4.69) is 10.6 Å². The van der Waals surface area contributed by atoms with Crippen molar-refractivity contribution in [1.82, 2.24) is 10.6 Å². The summed E-state index contributed by atoms with van der Waals surface area (Å²) in [5.41, 5.74) is 2.13. The molecular formula is C25H37ClN2O2. The minimum absolute atomic E-state index is 0.0141. The van der Waals surface area contributed by atoms with Gasteiger partial charge in [0.1, 0.15) is 0 Å². The van der Waals surface area contributed by atoms with E-state index < -0.39 is 0 Å². The Morgan fingerprint density at radius 2 is 1.70 bits per heavy atom. The zero-order valence-electron chi connectivity index (χ0n) is 18.1. The van der Waals surface area contributed by atoms with Crippen LogP contribution in [0.3, 0.4) is 0 Å². The molecule has 0 saturated heterocycles. The number of amides is 1. The molecule has 0 aromatic heterocycles. The number of nitrogens with one attached hydrogen (secondary N) is 2. The van der Waals surface area contributed by atoms with E-state index in [0.717, 1.165) is 68.6 Å². The first kappa shape index (κ1) is 22.1. The molecule has 0 unspecified atom stereocenters. The van der Waals surface area contributed by atoms with E-state index in [-0.39, 0.29) is 12.5 Å². The topological polar surface area (TPSA) is 61.4 Å². The van der Waals surface area contributed by atoms with Gasteiger partial charge in [0.2, 0.25) is 0 Å². The maximum atomic E-state index is 13.0. The SMILES string of the molecule is O=C(NCC12CC3CC(CC(C3)C1)C2)c1cc(CCCNCCCCO)ccc1Cl. The summed E-state index contributed by atoms with van der Waals surface area (Å²) in [6.45, 7) is 2.97. The van der Waals surface area contributed by atoms with Gasteiger partial charge >= 0.3 is 0 Å². The molecule has 166 valence electrons. The van der Waals surface area contributed by atoms with E-state index in [1.807, 2.05) is 18.2 Å². The van der Waals surface area contributed by atoms with Crippen LogP contribution in [0.25, 0.3) is 0 Å². The lowest BCUT2D eigenvalue weighted by molar-refractivity contribution is -0.0503. The van der Waals surface area contributed by atoms with Crippen LogP contribution in [0, 0.1) is 23.2 Å². The Balaban J connectivity index is 1.27. The molecule has 30 heavy (non-hydrogen) atoms. The van der Waals surface area contributed by atoms with Crippen LogP contribution in [0.4, 0.5) is 0 Å². The summed E-state index contributed by atoms with van der Waals surface area (Å²) < 4.78 is 0. The Hall–Kier alpha value is -1.10. The number of halogens is 1. The van der Waals surface area contributed by atoms with E-state index >= 15 is 0 Å². The lowest BCUT2D eigenvalue weighted by atomic mass is 9.49. The number of rotatable bonds is 11. The summed E-state index contributed by atoms with van der Waals surface area (Å²) in [4.78, 5) is 13.0. The number of hydrogen-bond acceptors (Lipinski definition) is 3. The predicted molar refractivity (Wildman–Crippen MR) is 122 cm³/mol. The molecule has 1 aromatic rings. The summed E-state index contributed by atoms with van der Waals surface area (Å²) in [5, 5.41) is 16.0. The van der Waals surface area contributed by atoms with Gasteiger partial charge in [-0.05, 0) is 118 Å². The van der Waals surface area contributed by atoms with Crippen LogP contribution >= 0.6 is 11.6 Å². The Morgan fingerprint density at radius 3 is 2.37 bits per heavy atom. The number of aryl methyl sites for hydroxylation is 1. The molecule has 5 heteroatoms. The maximum Gasteiger partial charge on any atom is 0.252 e. The van der Waals surface area contributed by atoms with Crippen molar-refractivity contribution in [3.63, 3.8) is 0 Å². The molecule has 5 rings (SSSR count). The Kier molecular flexibility index (Phi) is 7.38. The van der Waals surface area contributed by atoms with Crippen LogP contribution in [0.2, 0.25) is 5.02 Å². The lowest BCUT2D eigenvalue weighted by Gasteiger charge is -2.56. The first-order valence-corrected chi connectivity index (χ1v) is 12.3. The molecule has 4 nitrogen and oxygen atoms in total. The molecule has 3 N–H and O–H groups in total. The number of aliphatic hydroxyl groups is 1. The van der Waals surface area contributed by atoms with Crippen LogP contribution in [-0.4, -0.2) is 37.3 Å². The van der Waals surface area contributed by atoms with E-state index in [0.29, 0.717) is 16.0 Å². The molecule has 0 aliphatic heterocycles. The van der Waals surface area contributed by atoms with Crippen molar-refractivity contribution in [2.24, 2.45) is 23.2 Å². The van der Waals surface area contributed by atoms with Crippen molar-refractivity contribution < 1.29 is 9.90 Å². The zero-order chi connectivity index (χ0) is 21.0. The number of aliphatic hydroxyl groups excluding tert-OH is 1. The van der Waals surface area contributed by atoms with Gasteiger partial charge in [0.25, 0.3) is 5.91 Å². The molecule has 1 aromatic carbocycles. The highest BCUT2D eigenvalue weighted by molar-refractivity contribution is 6.33. The van der Waals surface area contributed by atoms with Crippen molar-refractivity contribution in [2.75, 3.05) is 26.2 Å². The van der Waals surface area contributed by atoms with Crippen molar-refractivity contribution in [1.29, 1.82) is 0 Å². The van der Waals surface area contributed by atoms with Gasteiger partial charge in [-0.15, -0.1) is 0 Å². The fraction of sp³-hybridized carbons (Fsp3) is 0.720. The van der Waals surface area contributed by atoms with Crippen molar-refractivity contribution in [2.45, 2.75) is 64.2 Å². The van der Waals surface area contributed by atoms with E-state index in [1.54, 1.807) is 0 Å². The molecule has 0 heterocycles. The van der Waals surface area contributed by atoms with Gasteiger partial charge in [-0.3, -0.25) is 4.79 Å². The van der Waals surface area contributed by atoms with Crippen LogP contribution in [0.1, 0.15) is 73.7 Å². The molecule has 4 aliphatic rings. The highest BCUT2D eigenvalue weighted by atomic mass is 35.5.